The second-order valence-electron chi connectivity index (χ2n) is 6.70. The summed E-state index contributed by atoms with van der Waals surface area (Å²) in [6.45, 7) is 10.4. The first-order valence-electron chi connectivity index (χ1n) is 7.70. The number of nitrogens with zero attached hydrogens (tertiary/aromatic N) is 4. The van der Waals surface area contributed by atoms with Gasteiger partial charge in [-0.2, -0.15) is 0 Å². The van der Waals surface area contributed by atoms with E-state index in [2.05, 4.69) is 20.2 Å². The Bertz CT molecular complexity index is 564. The first-order valence-corrected chi connectivity index (χ1v) is 7.70. The highest BCUT2D eigenvalue weighted by Crippen LogP contribution is 2.29. The van der Waals surface area contributed by atoms with Crippen LogP contribution in [-0.2, 0) is 17.8 Å². The fraction of sp³-hybridized carbons (Fsp3) is 0.667. The Morgan fingerprint density at radius 1 is 1.23 bits per heavy atom. The lowest BCUT2D eigenvalue weighted by atomic mass is 10.2. The molecule has 0 radical (unpaired) electrons. The fourth-order valence-electron chi connectivity index (χ4n) is 2.77. The number of piperazine rings is 1. The number of anilines is 1. The molecule has 1 amide bonds. The fourth-order valence-corrected chi connectivity index (χ4v) is 2.77. The molecule has 1 aromatic heterocycles. The highest BCUT2D eigenvalue weighted by atomic mass is 16.6. The van der Waals surface area contributed by atoms with Crippen molar-refractivity contribution in [3.05, 3.63) is 17.6 Å². The number of ether oxygens (including phenoxy) is 1. The van der Waals surface area contributed by atoms with Gasteiger partial charge in [0.05, 0.1) is 18.8 Å². The van der Waals surface area contributed by atoms with E-state index < -0.39 is 5.60 Å². The lowest BCUT2D eigenvalue weighted by Crippen LogP contribution is -2.44. The molecule has 0 bridgehead atoms. The highest BCUT2D eigenvalue weighted by molar-refractivity contribution is 5.70. The monoisotopic (exact) mass is 305 g/mol. The Labute approximate surface area is 130 Å². The van der Waals surface area contributed by atoms with Crippen LogP contribution >= 0.6 is 0 Å². The van der Waals surface area contributed by atoms with E-state index in [0.717, 1.165) is 43.3 Å². The molecular weight excluding hydrogens is 282 g/mol. The van der Waals surface area contributed by atoms with Crippen molar-refractivity contribution in [3.63, 3.8) is 0 Å². The molecule has 7 nitrogen and oxygen atoms in total. The van der Waals surface area contributed by atoms with Crippen molar-refractivity contribution in [1.29, 1.82) is 0 Å². The maximum Gasteiger partial charge on any atom is 0.410 e. The summed E-state index contributed by atoms with van der Waals surface area (Å²) in [7, 11) is 0. The van der Waals surface area contributed by atoms with Gasteiger partial charge in [-0.05, 0) is 20.8 Å². The molecule has 1 aromatic rings. The second kappa shape index (κ2) is 5.72. The van der Waals surface area contributed by atoms with E-state index in [1.807, 2.05) is 20.8 Å². The predicted octanol–water partition coefficient (Wildman–Crippen LogP) is 1.14. The van der Waals surface area contributed by atoms with Gasteiger partial charge in [-0.1, -0.05) is 0 Å². The van der Waals surface area contributed by atoms with Gasteiger partial charge in [0.1, 0.15) is 17.7 Å². The molecule has 0 spiro atoms. The van der Waals surface area contributed by atoms with Gasteiger partial charge >= 0.3 is 6.09 Å². The summed E-state index contributed by atoms with van der Waals surface area (Å²) < 4.78 is 5.45. The van der Waals surface area contributed by atoms with Crippen LogP contribution in [-0.4, -0.2) is 52.7 Å². The summed E-state index contributed by atoms with van der Waals surface area (Å²) in [4.78, 5) is 25.0. The van der Waals surface area contributed by atoms with Gasteiger partial charge in [0, 0.05) is 31.7 Å². The van der Waals surface area contributed by atoms with Crippen molar-refractivity contribution in [2.75, 3.05) is 31.1 Å². The minimum atomic E-state index is -0.487. The Morgan fingerprint density at radius 3 is 2.64 bits per heavy atom. The van der Waals surface area contributed by atoms with Crippen LogP contribution < -0.4 is 10.2 Å². The molecule has 120 valence electrons. The number of carbonyl (C=O) groups is 1. The molecule has 3 heterocycles. The van der Waals surface area contributed by atoms with E-state index in [-0.39, 0.29) is 6.09 Å². The number of hydrogen-bond acceptors (Lipinski definition) is 6. The number of carbonyl (C=O) groups excluding carboxylic acids is 1. The summed E-state index contributed by atoms with van der Waals surface area (Å²) >= 11 is 0. The summed E-state index contributed by atoms with van der Waals surface area (Å²) in [6, 6.07) is 0. The lowest BCUT2D eigenvalue weighted by Gasteiger charge is -2.29. The Balaban J connectivity index is 1.77. The van der Waals surface area contributed by atoms with Crippen molar-refractivity contribution in [2.45, 2.75) is 39.5 Å². The number of rotatable bonds is 1. The number of fused-ring (bicyclic) bond motifs is 1. The third-order valence-corrected chi connectivity index (χ3v) is 3.77. The van der Waals surface area contributed by atoms with Crippen molar-refractivity contribution in [1.82, 2.24) is 20.2 Å². The van der Waals surface area contributed by atoms with E-state index in [9.17, 15) is 4.79 Å². The van der Waals surface area contributed by atoms with Crippen molar-refractivity contribution < 1.29 is 9.53 Å². The summed E-state index contributed by atoms with van der Waals surface area (Å²) in [5.74, 6) is 0.956. The zero-order valence-corrected chi connectivity index (χ0v) is 13.4. The zero-order valence-electron chi connectivity index (χ0n) is 13.4. The van der Waals surface area contributed by atoms with Gasteiger partial charge in [0.15, 0.2) is 0 Å². The molecule has 7 heteroatoms. The average Bonchev–Trinajstić information content (AvgIpc) is 2.90. The SMILES string of the molecule is CC(C)(C)OC(=O)N1Cc2ncnc(N3CCNCC3)c2C1. The maximum absolute atomic E-state index is 12.2. The van der Waals surface area contributed by atoms with Gasteiger partial charge in [-0.3, -0.25) is 4.90 Å². The molecule has 22 heavy (non-hydrogen) atoms. The van der Waals surface area contributed by atoms with Crippen LogP contribution in [0.25, 0.3) is 0 Å². The molecule has 2 aliphatic rings. The number of nitrogens with one attached hydrogen (secondary N) is 1. The van der Waals surface area contributed by atoms with E-state index in [0.29, 0.717) is 13.1 Å². The smallest absolute Gasteiger partial charge is 0.410 e. The molecule has 0 aromatic carbocycles. The van der Waals surface area contributed by atoms with Crippen LogP contribution in [0.1, 0.15) is 32.0 Å². The number of amides is 1. The lowest BCUT2D eigenvalue weighted by molar-refractivity contribution is 0.0241. The van der Waals surface area contributed by atoms with Crippen LogP contribution in [0.4, 0.5) is 10.6 Å². The molecule has 1 N–H and O–H groups in total. The molecular formula is C15H23N5O2. The van der Waals surface area contributed by atoms with Gasteiger partial charge in [-0.15, -0.1) is 0 Å². The van der Waals surface area contributed by atoms with Crippen LogP contribution in [0.2, 0.25) is 0 Å². The summed E-state index contributed by atoms with van der Waals surface area (Å²) in [5.41, 5.74) is 1.49. The number of hydrogen-bond donors (Lipinski definition) is 1. The largest absolute Gasteiger partial charge is 0.444 e. The van der Waals surface area contributed by atoms with Gasteiger partial charge in [-0.25, -0.2) is 14.8 Å². The maximum atomic E-state index is 12.2. The van der Waals surface area contributed by atoms with Crippen LogP contribution in [0.15, 0.2) is 6.33 Å². The average molecular weight is 305 g/mol. The van der Waals surface area contributed by atoms with Crippen molar-refractivity contribution >= 4 is 11.9 Å². The first kappa shape index (κ1) is 15.0. The third kappa shape index (κ3) is 3.14. The minimum absolute atomic E-state index is 0.295. The zero-order chi connectivity index (χ0) is 15.7. The Morgan fingerprint density at radius 2 is 1.95 bits per heavy atom. The quantitative estimate of drug-likeness (QED) is 0.839. The van der Waals surface area contributed by atoms with Crippen molar-refractivity contribution in [3.8, 4) is 0 Å². The first-order chi connectivity index (χ1) is 10.4. The molecule has 0 atom stereocenters. The van der Waals surface area contributed by atoms with Gasteiger partial charge in [0.25, 0.3) is 0 Å². The van der Waals surface area contributed by atoms with E-state index in [1.54, 1.807) is 11.2 Å². The Hall–Kier alpha value is -1.89. The number of aromatic nitrogens is 2. The summed E-state index contributed by atoms with van der Waals surface area (Å²) in [6.07, 6.45) is 1.30. The standard InChI is InChI=1S/C15H23N5O2/c1-15(2,3)22-14(21)20-8-11-12(9-20)17-10-18-13(11)19-6-4-16-5-7-19/h10,16H,4-9H2,1-3H3. The Kier molecular flexibility index (Phi) is 3.90. The van der Waals surface area contributed by atoms with E-state index in [4.69, 9.17) is 4.74 Å². The molecule has 3 rings (SSSR count). The van der Waals surface area contributed by atoms with Crippen molar-refractivity contribution in [2.24, 2.45) is 0 Å². The molecule has 1 fully saturated rings. The highest BCUT2D eigenvalue weighted by Gasteiger charge is 2.32. The van der Waals surface area contributed by atoms with E-state index >= 15 is 0 Å². The van der Waals surface area contributed by atoms with Gasteiger partial charge < -0.3 is 15.0 Å². The van der Waals surface area contributed by atoms with Crippen LogP contribution in [0, 0.1) is 0 Å². The topological polar surface area (TPSA) is 70.6 Å². The molecule has 1 saturated heterocycles. The molecule has 0 aliphatic carbocycles. The minimum Gasteiger partial charge on any atom is -0.444 e. The van der Waals surface area contributed by atoms with Crippen LogP contribution in [0.5, 0.6) is 0 Å². The summed E-state index contributed by atoms with van der Waals surface area (Å²) in [5, 5.41) is 3.34. The molecule has 0 saturated carbocycles. The molecule has 0 unspecified atom stereocenters. The third-order valence-electron chi connectivity index (χ3n) is 3.77. The normalized spacial score (nSPS) is 18.3. The van der Waals surface area contributed by atoms with Crippen LogP contribution in [0.3, 0.4) is 0 Å². The second-order valence-corrected chi connectivity index (χ2v) is 6.70. The predicted molar refractivity (Wildman–Crippen MR) is 82.6 cm³/mol. The van der Waals surface area contributed by atoms with Gasteiger partial charge in [0.2, 0.25) is 0 Å². The molecule has 2 aliphatic heterocycles. The van der Waals surface area contributed by atoms with E-state index in [1.165, 1.54) is 0 Å².